The molecule has 4 heteroatoms. The van der Waals surface area contributed by atoms with Gasteiger partial charge < -0.3 is 10.1 Å². The van der Waals surface area contributed by atoms with Gasteiger partial charge in [-0.05, 0) is 54.8 Å². The van der Waals surface area contributed by atoms with Gasteiger partial charge in [-0.1, -0.05) is 43.1 Å². The molecule has 1 amide bonds. The Bertz CT molecular complexity index is 708. The number of rotatable bonds is 7. The van der Waals surface area contributed by atoms with Crippen LogP contribution in [0.1, 0.15) is 30.9 Å². The maximum absolute atomic E-state index is 12.0. The second-order valence-corrected chi connectivity index (χ2v) is 5.96. The van der Waals surface area contributed by atoms with E-state index < -0.39 is 0 Å². The number of unbranched alkanes of at least 4 members (excludes halogenated alkanes) is 1. The molecule has 0 radical (unpaired) electrons. The maximum atomic E-state index is 12.0. The van der Waals surface area contributed by atoms with Crippen molar-refractivity contribution in [1.29, 1.82) is 0 Å². The molecule has 0 saturated carbocycles. The molecule has 0 heterocycles. The lowest BCUT2D eigenvalue weighted by Gasteiger charge is -2.05. The van der Waals surface area contributed by atoms with E-state index in [2.05, 4.69) is 12.2 Å². The van der Waals surface area contributed by atoms with E-state index >= 15 is 0 Å². The van der Waals surface area contributed by atoms with Crippen molar-refractivity contribution in [2.45, 2.75) is 26.7 Å². The van der Waals surface area contributed by atoms with Crippen molar-refractivity contribution >= 4 is 29.3 Å². The van der Waals surface area contributed by atoms with E-state index in [1.807, 2.05) is 43.3 Å². The number of hydrogen-bond acceptors (Lipinski definition) is 2. The molecule has 0 saturated heterocycles. The molecule has 0 unspecified atom stereocenters. The fourth-order valence-electron chi connectivity index (χ4n) is 2.04. The summed E-state index contributed by atoms with van der Waals surface area (Å²) in [5.74, 6) is 0.651. The van der Waals surface area contributed by atoms with Gasteiger partial charge >= 0.3 is 0 Å². The fourth-order valence-corrected chi connectivity index (χ4v) is 2.22. The van der Waals surface area contributed by atoms with Crippen LogP contribution in [0.25, 0.3) is 6.08 Å². The molecule has 3 nitrogen and oxygen atoms in total. The van der Waals surface area contributed by atoms with E-state index in [-0.39, 0.29) is 5.91 Å². The van der Waals surface area contributed by atoms with Crippen molar-refractivity contribution in [3.63, 3.8) is 0 Å². The van der Waals surface area contributed by atoms with Gasteiger partial charge in [-0.3, -0.25) is 4.79 Å². The van der Waals surface area contributed by atoms with Crippen LogP contribution >= 0.6 is 11.6 Å². The van der Waals surface area contributed by atoms with E-state index in [4.69, 9.17) is 16.3 Å². The van der Waals surface area contributed by atoms with E-state index in [0.29, 0.717) is 10.7 Å². The molecule has 0 bridgehead atoms. The fraction of sp³-hybridized carbons (Fsp3) is 0.250. The van der Waals surface area contributed by atoms with Gasteiger partial charge in [0.15, 0.2) is 0 Å². The van der Waals surface area contributed by atoms with Crippen molar-refractivity contribution in [3.8, 4) is 5.75 Å². The molecule has 0 fully saturated rings. The third kappa shape index (κ3) is 5.74. The molecule has 0 spiro atoms. The topological polar surface area (TPSA) is 38.3 Å². The molecule has 0 aliphatic heterocycles. The molecular weight excluding hydrogens is 322 g/mol. The van der Waals surface area contributed by atoms with Crippen molar-refractivity contribution in [2.75, 3.05) is 11.9 Å². The second kappa shape index (κ2) is 9.14. The highest BCUT2D eigenvalue weighted by molar-refractivity contribution is 6.31. The van der Waals surface area contributed by atoms with Crippen LogP contribution in [0.2, 0.25) is 5.02 Å². The third-order valence-electron chi connectivity index (χ3n) is 3.51. The maximum Gasteiger partial charge on any atom is 0.248 e. The Hall–Kier alpha value is -2.26. The van der Waals surface area contributed by atoms with Crippen LogP contribution < -0.4 is 10.1 Å². The highest BCUT2D eigenvalue weighted by Gasteiger charge is 2.01. The molecule has 2 aromatic rings. The van der Waals surface area contributed by atoms with Crippen LogP contribution in [0.4, 0.5) is 5.69 Å². The lowest BCUT2D eigenvalue weighted by molar-refractivity contribution is -0.111. The SMILES string of the molecule is CCCCOc1ccc(C=CC(=O)Nc2ccc(C)c(Cl)c2)cc1. The normalized spacial score (nSPS) is 10.8. The molecule has 0 aliphatic rings. The number of carbonyl (C=O) groups is 1. The Kier molecular flexibility index (Phi) is 6.89. The molecule has 0 aromatic heterocycles. The lowest BCUT2D eigenvalue weighted by Crippen LogP contribution is -2.07. The van der Waals surface area contributed by atoms with Crippen LogP contribution in [0.5, 0.6) is 5.75 Å². The minimum atomic E-state index is -0.196. The molecule has 0 atom stereocenters. The molecule has 0 aliphatic carbocycles. The lowest BCUT2D eigenvalue weighted by atomic mass is 10.2. The molecule has 126 valence electrons. The third-order valence-corrected chi connectivity index (χ3v) is 3.92. The summed E-state index contributed by atoms with van der Waals surface area (Å²) in [6.45, 7) is 4.78. The standard InChI is InChI=1S/C20H22ClNO2/c1-3-4-13-24-18-10-6-16(7-11-18)8-12-20(23)22-17-9-5-15(2)19(21)14-17/h5-12,14H,3-4,13H2,1-2H3,(H,22,23). The van der Waals surface area contributed by atoms with Crippen LogP contribution in [-0.4, -0.2) is 12.5 Å². The summed E-state index contributed by atoms with van der Waals surface area (Å²) in [6.07, 6.45) is 5.43. The summed E-state index contributed by atoms with van der Waals surface area (Å²) in [7, 11) is 0. The predicted molar refractivity (Wildman–Crippen MR) is 101 cm³/mol. The smallest absolute Gasteiger partial charge is 0.248 e. The number of amides is 1. The monoisotopic (exact) mass is 343 g/mol. The molecular formula is C20H22ClNO2. The summed E-state index contributed by atoms with van der Waals surface area (Å²) in [5, 5.41) is 3.43. The molecule has 2 rings (SSSR count). The van der Waals surface area contributed by atoms with Crippen LogP contribution in [0.15, 0.2) is 48.5 Å². The summed E-state index contributed by atoms with van der Waals surface area (Å²) in [6, 6.07) is 13.1. The Morgan fingerprint density at radius 2 is 1.96 bits per heavy atom. The number of aryl methyl sites for hydroxylation is 1. The quantitative estimate of drug-likeness (QED) is 0.534. The van der Waals surface area contributed by atoms with Crippen molar-refractivity contribution in [1.82, 2.24) is 0 Å². The Morgan fingerprint density at radius 1 is 1.21 bits per heavy atom. The highest BCUT2D eigenvalue weighted by atomic mass is 35.5. The van der Waals surface area contributed by atoms with Crippen molar-refractivity contribution in [2.24, 2.45) is 0 Å². The van der Waals surface area contributed by atoms with Gasteiger partial charge in [0.2, 0.25) is 5.91 Å². The highest BCUT2D eigenvalue weighted by Crippen LogP contribution is 2.20. The number of nitrogens with one attached hydrogen (secondary N) is 1. The second-order valence-electron chi connectivity index (χ2n) is 5.56. The minimum absolute atomic E-state index is 0.196. The van der Waals surface area contributed by atoms with Crippen molar-refractivity contribution < 1.29 is 9.53 Å². The largest absolute Gasteiger partial charge is 0.494 e. The van der Waals surface area contributed by atoms with E-state index in [9.17, 15) is 4.79 Å². The van der Waals surface area contributed by atoms with Gasteiger partial charge in [0, 0.05) is 16.8 Å². The van der Waals surface area contributed by atoms with Gasteiger partial charge in [-0.2, -0.15) is 0 Å². The number of anilines is 1. The number of halogens is 1. The van der Waals surface area contributed by atoms with Gasteiger partial charge in [0.25, 0.3) is 0 Å². The summed E-state index contributed by atoms with van der Waals surface area (Å²) in [5.41, 5.74) is 2.60. The zero-order valence-corrected chi connectivity index (χ0v) is 14.8. The van der Waals surface area contributed by atoms with E-state index in [1.165, 1.54) is 6.08 Å². The molecule has 24 heavy (non-hydrogen) atoms. The minimum Gasteiger partial charge on any atom is -0.494 e. The first-order valence-electron chi connectivity index (χ1n) is 8.06. The van der Waals surface area contributed by atoms with Crippen LogP contribution in [0.3, 0.4) is 0 Å². The number of benzene rings is 2. The van der Waals surface area contributed by atoms with Crippen LogP contribution in [-0.2, 0) is 4.79 Å². The van der Waals surface area contributed by atoms with Gasteiger partial charge in [-0.25, -0.2) is 0 Å². The average molecular weight is 344 g/mol. The van der Waals surface area contributed by atoms with Crippen LogP contribution in [0, 0.1) is 6.92 Å². The first-order valence-corrected chi connectivity index (χ1v) is 8.44. The van der Waals surface area contributed by atoms with E-state index in [0.717, 1.165) is 36.3 Å². The van der Waals surface area contributed by atoms with E-state index in [1.54, 1.807) is 12.1 Å². The predicted octanol–water partition coefficient (Wildman–Crippen LogP) is 5.48. The number of carbonyl (C=O) groups excluding carboxylic acids is 1. The summed E-state index contributed by atoms with van der Waals surface area (Å²) in [4.78, 5) is 12.0. The zero-order chi connectivity index (χ0) is 17.4. The average Bonchev–Trinajstić information content (AvgIpc) is 2.58. The van der Waals surface area contributed by atoms with Crippen molar-refractivity contribution in [3.05, 3.63) is 64.7 Å². The molecule has 1 N–H and O–H groups in total. The Morgan fingerprint density at radius 3 is 2.62 bits per heavy atom. The first kappa shape index (κ1) is 18.1. The zero-order valence-electron chi connectivity index (χ0n) is 14.0. The Balaban J connectivity index is 1.89. The Labute approximate surface area is 148 Å². The van der Waals surface area contributed by atoms with Gasteiger partial charge in [-0.15, -0.1) is 0 Å². The summed E-state index contributed by atoms with van der Waals surface area (Å²) < 4.78 is 5.61. The molecule has 2 aromatic carbocycles. The summed E-state index contributed by atoms with van der Waals surface area (Å²) >= 11 is 6.05. The van der Waals surface area contributed by atoms with Gasteiger partial charge in [0.05, 0.1) is 6.61 Å². The van der Waals surface area contributed by atoms with Gasteiger partial charge in [0.1, 0.15) is 5.75 Å². The number of ether oxygens (including phenoxy) is 1. The first-order chi connectivity index (χ1) is 11.6. The number of hydrogen-bond donors (Lipinski definition) is 1.